The molecular weight excluding hydrogens is 142 g/mol. The molecule has 0 saturated carbocycles. The van der Waals surface area contributed by atoms with Gasteiger partial charge in [0.15, 0.2) is 0 Å². The Labute approximate surface area is 66.9 Å². The van der Waals surface area contributed by atoms with Crippen LogP contribution in [0.3, 0.4) is 0 Å². The van der Waals surface area contributed by atoms with Crippen LogP contribution >= 0.6 is 0 Å². The molecule has 1 N–H and O–H groups in total. The normalized spacial score (nSPS) is 15.6. The lowest BCUT2D eigenvalue weighted by molar-refractivity contribution is 0.0763. The maximum Gasteiger partial charge on any atom is 0.146 e. The monoisotopic (exact) mass is 161 g/mol. The molecule has 0 radical (unpaired) electrons. The van der Waals surface area contributed by atoms with E-state index in [0.717, 1.165) is 16.9 Å². The van der Waals surface area contributed by atoms with Crippen molar-refractivity contribution in [2.45, 2.75) is 38.8 Å². The van der Waals surface area contributed by atoms with Gasteiger partial charge in [0, 0.05) is 6.04 Å². The molecule has 1 atom stereocenters. The zero-order chi connectivity index (χ0) is 8.20. The molecule has 0 aromatic rings. The third-order valence-corrected chi connectivity index (χ3v) is 3.17. The second-order valence-electron chi connectivity index (χ2n) is 3.06. The Morgan fingerprint density at radius 2 is 2.10 bits per heavy atom. The van der Waals surface area contributed by atoms with Gasteiger partial charge in [-0.25, -0.2) is 0 Å². The van der Waals surface area contributed by atoms with Gasteiger partial charge in [-0.3, -0.25) is 0 Å². The Bertz CT molecular complexity index is 91.6. The molecule has 1 unspecified atom stereocenters. The number of hydrogen-bond donors (Lipinski definition) is 1. The van der Waals surface area contributed by atoms with Crippen LogP contribution in [0.15, 0.2) is 0 Å². The van der Waals surface area contributed by atoms with Crippen molar-refractivity contribution in [3.8, 4) is 0 Å². The molecule has 0 bridgehead atoms. The van der Waals surface area contributed by atoms with Gasteiger partial charge in [-0.05, 0) is 27.3 Å². The minimum absolute atomic E-state index is 0.00965. The van der Waals surface area contributed by atoms with Gasteiger partial charge in [0.05, 0.1) is 5.60 Å². The highest BCUT2D eigenvalue weighted by Gasteiger charge is 2.24. The molecule has 0 aliphatic carbocycles. The molecule has 0 aromatic heterocycles. The van der Waals surface area contributed by atoms with Crippen LogP contribution in [-0.4, -0.2) is 29.2 Å². The molecule has 0 aliphatic heterocycles. The van der Waals surface area contributed by atoms with Crippen LogP contribution in [0.25, 0.3) is 0 Å². The Hall–Kier alpha value is 0.137. The van der Waals surface area contributed by atoms with Crippen molar-refractivity contribution in [2.75, 3.05) is 7.05 Å². The Balaban J connectivity index is 3.97. The average Bonchev–Trinajstić information content (AvgIpc) is 1.90. The SMILES string of the molecule is CCC(NC)C(C)(C)O[SiH3]. The van der Waals surface area contributed by atoms with Crippen molar-refractivity contribution in [1.82, 2.24) is 5.32 Å². The molecular formula is C7H19NOSi. The van der Waals surface area contributed by atoms with Gasteiger partial charge >= 0.3 is 0 Å². The number of hydrogen-bond acceptors (Lipinski definition) is 2. The number of likely N-dealkylation sites (N-methyl/N-ethyl adjacent to an activating group) is 1. The van der Waals surface area contributed by atoms with Gasteiger partial charge in [0.25, 0.3) is 0 Å². The van der Waals surface area contributed by atoms with Crippen LogP contribution in [-0.2, 0) is 4.43 Å². The summed E-state index contributed by atoms with van der Waals surface area (Å²) in [7, 11) is 2.80. The van der Waals surface area contributed by atoms with E-state index in [2.05, 4.69) is 26.1 Å². The second-order valence-corrected chi connectivity index (χ2v) is 3.47. The molecule has 0 aliphatic rings. The van der Waals surface area contributed by atoms with Crippen molar-refractivity contribution in [2.24, 2.45) is 0 Å². The highest BCUT2D eigenvalue weighted by atomic mass is 28.2. The molecule has 10 heavy (non-hydrogen) atoms. The van der Waals surface area contributed by atoms with Crippen LogP contribution in [0.4, 0.5) is 0 Å². The number of rotatable bonds is 4. The van der Waals surface area contributed by atoms with Crippen molar-refractivity contribution >= 4 is 10.5 Å². The first-order valence-corrected chi connectivity index (χ1v) is 4.62. The van der Waals surface area contributed by atoms with Gasteiger partial charge in [0.1, 0.15) is 10.5 Å². The first-order valence-electron chi connectivity index (χ1n) is 3.81. The van der Waals surface area contributed by atoms with E-state index in [9.17, 15) is 0 Å². The minimum atomic E-state index is 0.00965. The lowest BCUT2D eigenvalue weighted by atomic mass is 9.97. The fourth-order valence-electron chi connectivity index (χ4n) is 1.19. The predicted molar refractivity (Wildman–Crippen MR) is 48.2 cm³/mol. The van der Waals surface area contributed by atoms with Gasteiger partial charge in [0.2, 0.25) is 0 Å². The van der Waals surface area contributed by atoms with Crippen molar-refractivity contribution in [3.05, 3.63) is 0 Å². The number of nitrogens with one attached hydrogen (secondary N) is 1. The summed E-state index contributed by atoms with van der Waals surface area (Å²) in [5.74, 6) is 0. The molecule has 0 amide bonds. The zero-order valence-corrected chi connectivity index (χ0v) is 9.69. The molecule has 0 saturated heterocycles. The molecule has 0 spiro atoms. The Morgan fingerprint density at radius 3 is 2.20 bits per heavy atom. The summed E-state index contributed by atoms with van der Waals surface area (Å²) in [5, 5.41) is 3.24. The highest BCUT2D eigenvalue weighted by molar-refractivity contribution is 5.98. The molecule has 0 fully saturated rings. The average molecular weight is 161 g/mol. The van der Waals surface area contributed by atoms with Crippen LogP contribution in [0, 0.1) is 0 Å². The van der Waals surface area contributed by atoms with E-state index in [0.29, 0.717) is 6.04 Å². The van der Waals surface area contributed by atoms with Gasteiger partial charge in [-0.2, -0.15) is 0 Å². The van der Waals surface area contributed by atoms with Crippen molar-refractivity contribution in [3.63, 3.8) is 0 Å². The van der Waals surface area contributed by atoms with Gasteiger partial charge < -0.3 is 9.74 Å². The maximum atomic E-state index is 5.46. The van der Waals surface area contributed by atoms with Crippen LogP contribution in [0.1, 0.15) is 27.2 Å². The molecule has 0 heterocycles. The summed E-state index contributed by atoms with van der Waals surface area (Å²) in [6.07, 6.45) is 1.12. The largest absolute Gasteiger partial charge is 0.421 e. The van der Waals surface area contributed by atoms with Gasteiger partial charge in [-0.15, -0.1) is 0 Å². The summed E-state index contributed by atoms with van der Waals surface area (Å²) in [6.45, 7) is 6.43. The van der Waals surface area contributed by atoms with E-state index in [-0.39, 0.29) is 5.60 Å². The van der Waals surface area contributed by atoms with Crippen molar-refractivity contribution in [1.29, 1.82) is 0 Å². The summed E-state index contributed by atoms with van der Waals surface area (Å²) >= 11 is 0. The molecule has 2 nitrogen and oxygen atoms in total. The summed E-state index contributed by atoms with van der Waals surface area (Å²) < 4.78 is 5.46. The smallest absolute Gasteiger partial charge is 0.146 e. The molecule has 0 rings (SSSR count). The topological polar surface area (TPSA) is 21.3 Å². The highest BCUT2D eigenvalue weighted by Crippen LogP contribution is 2.14. The van der Waals surface area contributed by atoms with Crippen LogP contribution in [0.5, 0.6) is 0 Å². The fraction of sp³-hybridized carbons (Fsp3) is 1.00. The van der Waals surface area contributed by atoms with E-state index < -0.39 is 0 Å². The first-order chi connectivity index (χ1) is 4.58. The fourth-order valence-corrected chi connectivity index (χ4v) is 1.47. The lowest BCUT2D eigenvalue weighted by Gasteiger charge is -2.32. The Morgan fingerprint density at radius 1 is 1.60 bits per heavy atom. The van der Waals surface area contributed by atoms with E-state index >= 15 is 0 Å². The third-order valence-electron chi connectivity index (χ3n) is 2.12. The first kappa shape index (κ1) is 10.1. The summed E-state index contributed by atoms with van der Waals surface area (Å²) in [6, 6.07) is 0.477. The van der Waals surface area contributed by atoms with E-state index in [4.69, 9.17) is 4.43 Å². The van der Waals surface area contributed by atoms with E-state index in [1.165, 1.54) is 0 Å². The molecule has 0 aromatic carbocycles. The predicted octanol–water partition coefficient (Wildman–Crippen LogP) is 0.0600. The standard InChI is InChI=1S/C7H19NOSi/c1-5-6(8-4)7(2,3)9-10/h6,8H,5H2,1-4,10H3. The third kappa shape index (κ3) is 2.40. The Kier molecular flexibility index (Phi) is 4.16. The maximum absolute atomic E-state index is 5.46. The summed E-state index contributed by atoms with van der Waals surface area (Å²) in [4.78, 5) is 0. The van der Waals surface area contributed by atoms with Crippen molar-refractivity contribution < 1.29 is 4.43 Å². The van der Waals surface area contributed by atoms with Crippen LogP contribution in [0.2, 0.25) is 0 Å². The minimum Gasteiger partial charge on any atom is -0.421 e. The second kappa shape index (κ2) is 4.11. The zero-order valence-electron chi connectivity index (χ0n) is 7.69. The molecule has 3 heteroatoms. The van der Waals surface area contributed by atoms with E-state index in [1.807, 2.05) is 7.05 Å². The lowest BCUT2D eigenvalue weighted by Crippen LogP contribution is -2.46. The van der Waals surface area contributed by atoms with Gasteiger partial charge in [-0.1, -0.05) is 6.92 Å². The molecule has 62 valence electrons. The van der Waals surface area contributed by atoms with Crippen LogP contribution < -0.4 is 5.32 Å². The summed E-state index contributed by atoms with van der Waals surface area (Å²) in [5.41, 5.74) is 0.00965. The quantitative estimate of drug-likeness (QED) is 0.589. The van der Waals surface area contributed by atoms with E-state index in [1.54, 1.807) is 0 Å².